The molecular weight excluding hydrogens is 218 g/mol. The number of nitrogens with two attached hydrogens (primary N) is 1. The maximum atomic E-state index is 10.0. The summed E-state index contributed by atoms with van der Waals surface area (Å²) in [6.07, 6.45) is 6.83. The summed E-state index contributed by atoms with van der Waals surface area (Å²) in [6.45, 7) is 0. The van der Waals surface area contributed by atoms with Crippen molar-refractivity contribution in [3.63, 3.8) is 0 Å². The average Bonchev–Trinajstić information content (AvgIpc) is 2.83. The predicted octanol–water partition coefficient (Wildman–Crippen LogP) is 3.08. The monoisotopic (exact) mass is 239 g/mol. The van der Waals surface area contributed by atoms with Gasteiger partial charge in [0, 0.05) is 10.9 Å². The van der Waals surface area contributed by atoms with E-state index in [1.165, 1.54) is 32.1 Å². The highest BCUT2D eigenvalue weighted by atomic mass is 32.1. The van der Waals surface area contributed by atoms with Gasteiger partial charge in [-0.3, -0.25) is 0 Å². The van der Waals surface area contributed by atoms with Crippen LogP contribution in [0.15, 0.2) is 17.5 Å². The minimum atomic E-state index is -0.364. The first kappa shape index (κ1) is 12.1. The highest BCUT2D eigenvalue weighted by molar-refractivity contribution is 7.10. The molecule has 1 heterocycles. The summed E-state index contributed by atoms with van der Waals surface area (Å²) in [6, 6.07) is 4.13. The number of hydrogen-bond acceptors (Lipinski definition) is 3. The number of aliphatic hydroxyl groups excluding tert-OH is 1. The van der Waals surface area contributed by atoms with Crippen LogP contribution in [0.5, 0.6) is 0 Å². The van der Waals surface area contributed by atoms with Crippen molar-refractivity contribution < 1.29 is 5.11 Å². The Morgan fingerprint density at radius 3 is 2.75 bits per heavy atom. The molecule has 3 heteroatoms. The third-order valence-corrected chi connectivity index (χ3v) is 4.60. The fourth-order valence-electron chi connectivity index (χ4n) is 2.61. The Hall–Kier alpha value is -0.380. The number of rotatable bonds is 4. The summed E-state index contributed by atoms with van der Waals surface area (Å²) in [4.78, 5) is 1.05. The van der Waals surface area contributed by atoms with E-state index in [2.05, 4.69) is 0 Å². The van der Waals surface area contributed by atoms with Crippen LogP contribution in [0.25, 0.3) is 0 Å². The number of thiophene rings is 1. The van der Waals surface area contributed by atoms with E-state index in [9.17, 15) is 5.11 Å². The van der Waals surface area contributed by atoms with Crippen molar-refractivity contribution in [2.24, 2.45) is 11.7 Å². The molecule has 0 amide bonds. The third-order valence-electron chi connectivity index (χ3n) is 3.62. The molecule has 0 saturated heterocycles. The lowest BCUT2D eigenvalue weighted by Gasteiger charge is -2.28. The van der Waals surface area contributed by atoms with Gasteiger partial charge in [0.2, 0.25) is 0 Å². The number of aliphatic hydroxyl groups is 1. The van der Waals surface area contributed by atoms with Gasteiger partial charge in [-0.05, 0) is 36.6 Å². The molecule has 1 fully saturated rings. The zero-order chi connectivity index (χ0) is 11.4. The summed E-state index contributed by atoms with van der Waals surface area (Å²) < 4.78 is 0. The van der Waals surface area contributed by atoms with Crippen molar-refractivity contribution >= 4 is 11.3 Å². The van der Waals surface area contributed by atoms with Gasteiger partial charge in [-0.25, -0.2) is 0 Å². The van der Waals surface area contributed by atoms with E-state index >= 15 is 0 Å². The molecule has 1 aliphatic carbocycles. The Kier molecular flexibility index (Phi) is 4.38. The number of hydrogen-bond donors (Lipinski definition) is 2. The van der Waals surface area contributed by atoms with Crippen LogP contribution in [0.1, 0.15) is 49.5 Å². The molecule has 0 bridgehead atoms. The Balaban J connectivity index is 1.84. The van der Waals surface area contributed by atoms with Crippen molar-refractivity contribution in [3.05, 3.63) is 22.4 Å². The van der Waals surface area contributed by atoms with Gasteiger partial charge in [0.1, 0.15) is 0 Å². The molecule has 3 N–H and O–H groups in total. The molecule has 2 unspecified atom stereocenters. The molecule has 2 atom stereocenters. The van der Waals surface area contributed by atoms with Gasteiger partial charge in [0.05, 0.1) is 6.10 Å². The van der Waals surface area contributed by atoms with Gasteiger partial charge >= 0.3 is 0 Å². The van der Waals surface area contributed by atoms with Crippen LogP contribution in [0.2, 0.25) is 0 Å². The predicted molar refractivity (Wildman–Crippen MR) is 68.4 cm³/mol. The lowest BCUT2D eigenvalue weighted by molar-refractivity contribution is 0.142. The molecule has 0 radical (unpaired) electrons. The first-order valence-corrected chi connectivity index (χ1v) is 7.12. The van der Waals surface area contributed by atoms with Crippen LogP contribution in [0.3, 0.4) is 0 Å². The zero-order valence-corrected chi connectivity index (χ0v) is 10.5. The van der Waals surface area contributed by atoms with Crippen molar-refractivity contribution in [2.45, 2.75) is 50.7 Å². The molecular formula is C13H21NOS. The van der Waals surface area contributed by atoms with E-state index < -0.39 is 0 Å². The quantitative estimate of drug-likeness (QED) is 0.848. The molecule has 2 nitrogen and oxygen atoms in total. The summed E-state index contributed by atoms with van der Waals surface area (Å²) >= 11 is 1.61. The standard InChI is InChI=1S/C13H21NOS/c14-11(10-5-2-1-3-6-10)9-12(15)13-7-4-8-16-13/h4,7-8,10-12,15H,1-3,5-6,9,14H2. The fourth-order valence-corrected chi connectivity index (χ4v) is 3.33. The van der Waals surface area contributed by atoms with E-state index in [1.54, 1.807) is 11.3 Å². The molecule has 2 rings (SSSR count). The highest BCUT2D eigenvalue weighted by Crippen LogP contribution is 2.30. The van der Waals surface area contributed by atoms with Gasteiger partial charge in [-0.2, -0.15) is 0 Å². The molecule has 90 valence electrons. The first-order chi connectivity index (χ1) is 7.77. The molecule has 0 aromatic carbocycles. The Morgan fingerprint density at radius 1 is 1.38 bits per heavy atom. The van der Waals surface area contributed by atoms with Crippen molar-refractivity contribution in [1.82, 2.24) is 0 Å². The normalized spacial score (nSPS) is 21.9. The largest absolute Gasteiger partial charge is 0.388 e. The minimum absolute atomic E-state index is 0.164. The van der Waals surface area contributed by atoms with Gasteiger partial charge < -0.3 is 10.8 Å². The lowest BCUT2D eigenvalue weighted by Crippen LogP contribution is -2.33. The van der Waals surface area contributed by atoms with Crippen LogP contribution >= 0.6 is 11.3 Å². The van der Waals surface area contributed by atoms with Crippen LogP contribution in [0, 0.1) is 5.92 Å². The average molecular weight is 239 g/mol. The molecule has 1 aliphatic rings. The summed E-state index contributed by atoms with van der Waals surface area (Å²) in [5.74, 6) is 0.628. The molecule has 1 aromatic rings. The molecule has 0 aliphatic heterocycles. The van der Waals surface area contributed by atoms with E-state index in [0.717, 1.165) is 4.88 Å². The van der Waals surface area contributed by atoms with Crippen LogP contribution in [-0.2, 0) is 0 Å². The second-order valence-corrected chi connectivity index (χ2v) is 5.81. The van der Waals surface area contributed by atoms with Crippen molar-refractivity contribution in [1.29, 1.82) is 0 Å². The molecule has 16 heavy (non-hydrogen) atoms. The van der Waals surface area contributed by atoms with E-state index in [4.69, 9.17) is 5.73 Å². The minimum Gasteiger partial charge on any atom is -0.388 e. The van der Waals surface area contributed by atoms with E-state index in [-0.39, 0.29) is 12.1 Å². The first-order valence-electron chi connectivity index (χ1n) is 6.24. The van der Waals surface area contributed by atoms with Gasteiger partial charge in [0.25, 0.3) is 0 Å². The fraction of sp³-hybridized carbons (Fsp3) is 0.692. The summed E-state index contributed by atoms with van der Waals surface area (Å²) in [7, 11) is 0. The summed E-state index contributed by atoms with van der Waals surface area (Å²) in [5.41, 5.74) is 6.20. The van der Waals surface area contributed by atoms with Crippen LogP contribution in [-0.4, -0.2) is 11.1 Å². The SMILES string of the molecule is NC(CC(O)c1cccs1)C1CCCCC1. The van der Waals surface area contributed by atoms with Crippen LogP contribution in [0.4, 0.5) is 0 Å². The third kappa shape index (κ3) is 3.06. The van der Waals surface area contributed by atoms with E-state index in [0.29, 0.717) is 12.3 Å². The van der Waals surface area contributed by atoms with E-state index in [1.807, 2.05) is 17.5 Å². The van der Waals surface area contributed by atoms with Gasteiger partial charge in [-0.1, -0.05) is 25.3 Å². The molecule has 1 saturated carbocycles. The Bertz CT molecular complexity index is 293. The Morgan fingerprint density at radius 2 is 2.12 bits per heavy atom. The maximum absolute atomic E-state index is 10.0. The smallest absolute Gasteiger partial charge is 0.0896 e. The Labute approximate surface area is 101 Å². The van der Waals surface area contributed by atoms with Crippen molar-refractivity contribution in [2.75, 3.05) is 0 Å². The van der Waals surface area contributed by atoms with Gasteiger partial charge in [0.15, 0.2) is 0 Å². The highest BCUT2D eigenvalue weighted by Gasteiger charge is 2.23. The topological polar surface area (TPSA) is 46.2 Å². The maximum Gasteiger partial charge on any atom is 0.0896 e. The summed E-state index contributed by atoms with van der Waals surface area (Å²) in [5, 5.41) is 12.0. The van der Waals surface area contributed by atoms with Gasteiger partial charge in [-0.15, -0.1) is 11.3 Å². The molecule has 1 aromatic heterocycles. The second kappa shape index (κ2) is 5.80. The lowest BCUT2D eigenvalue weighted by atomic mass is 9.82. The van der Waals surface area contributed by atoms with Crippen LogP contribution < -0.4 is 5.73 Å². The second-order valence-electron chi connectivity index (χ2n) is 4.83. The van der Waals surface area contributed by atoms with Crippen molar-refractivity contribution in [3.8, 4) is 0 Å². The zero-order valence-electron chi connectivity index (χ0n) is 9.64. The molecule has 0 spiro atoms.